The number of aromatic nitrogens is 2. The standard InChI is InChI=1S/C15H20N4O3S2/c1-10(13(20)17-11-6-4-5-7-12(11)22-3)23-15-19-18-14(24-15)16-8-9-21-2/h4-7,10H,8-9H2,1-3H3,(H,16,18)(H,17,20). The average Bonchev–Trinajstić information content (AvgIpc) is 3.03. The third-order valence-corrected chi connectivity index (χ3v) is 5.07. The molecular weight excluding hydrogens is 348 g/mol. The molecule has 1 atom stereocenters. The topological polar surface area (TPSA) is 85.4 Å². The van der Waals surface area contributed by atoms with Gasteiger partial charge in [0.2, 0.25) is 11.0 Å². The van der Waals surface area contributed by atoms with Crippen LogP contribution < -0.4 is 15.4 Å². The number of carbonyl (C=O) groups is 1. The van der Waals surface area contributed by atoms with E-state index in [1.165, 1.54) is 23.1 Å². The van der Waals surface area contributed by atoms with Crippen LogP contribution in [0.5, 0.6) is 5.75 Å². The minimum Gasteiger partial charge on any atom is -0.495 e. The molecule has 0 saturated carbocycles. The Hall–Kier alpha value is -1.84. The van der Waals surface area contributed by atoms with Gasteiger partial charge in [0.05, 0.1) is 24.7 Å². The van der Waals surface area contributed by atoms with Crippen molar-refractivity contribution in [3.05, 3.63) is 24.3 Å². The molecule has 2 aromatic rings. The van der Waals surface area contributed by atoms with E-state index < -0.39 is 0 Å². The van der Waals surface area contributed by atoms with Gasteiger partial charge < -0.3 is 20.1 Å². The summed E-state index contributed by atoms with van der Waals surface area (Å²) in [5.74, 6) is 0.511. The van der Waals surface area contributed by atoms with Crippen LogP contribution in [0, 0.1) is 0 Å². The molecule has 0 aliphatic heterocycles. The summed E-state index contributed by atoms with van der Waals surface area (Å²) in [7, 11) is 3.22. The number of para-hydroxylation sites is 2. The van der Waals surface area contributed by atoms with Crippen molar-refractivity contribution >= 4 is 39.8 Å². The number of carbonyl (C=O) groups excluding carboxylic acids is 1. The Balaban J connectivity index is 1.89. The minimum atomic E-state index is -0.310. The molecule has 1 aromatic carbocycles. The minimum absolute atomic E-state index is 0.117. The summed E-state index contributed by atoms with van der Waals surface area (Å²) in [5, 5.41) is 14.5. The van der Waals surface area contributed by atoms with Crippen LogP contribution in [0.25, 0.3) is 0 Å². The maximum atomic E-state index is 12.3. The van der Waals surface area contributed by atoms with Crippen LogP contribution in [-0.2, 0) is 9.53 Å². The fourth-order valence-corrected chi connectivity index (χ4v) is 3.70. The second kappa shape index (κ2) is 9.45. The summed E-state index contributed by atoms with van der Waals surface area (Å²) in [6.45, 7) is 3.09. The highest BCUT2D eigenvalue weighted by molar-refractivity contribution is 8.02. The molecular formula is C15H20N4O3S2. The van der Waals surface area contributed by atoms with E-state index in [2.05, 4.69) is 20.8 Å². The number of anilines is 2. The predicted molar refractivity (Wildman–Crippen MR) is 97.2 cm³/mol. The van der Waals surface area contributed by atoms with Crippen LogP contribution in [0.3, 0.4) is 0 Å². The molecule has 0 bridgehead atoms. The van der Waals surface area contributed by atoms with Gasteiger partial charge in [0, 0.05) is 13.7 Å². The van der Waals surface area contributed by atoms with Gasteiger partial charge in [-0.3, -0.25) is 4.79 Å². The Morgan fingerprint density at radius 1 is 1.33 bits per heavy atom. The molecule has 0 aliphatic carbocycles. The lowest BCUT2D eigenvalue weighted by atomic mass is 10.3. The Morgan fingerprint density at radius 2 is 2.12 bits per heavy atom. The number of benzene rings is 1. The summed E-state index contributed by atoms with van der Waals surface area (Å²) in [6, 6.07) is 7.30. The smallest absolute Gasteiger partial charge is 0.237 e. The highest BCUT2D eigenvalue weighted by Gasteiger charge is 2.18. The summed E-state index contributed by atoms with van der Waals surface area (Å²) in [6.07, 6.45) is 0. The van der Waals surface area contributed by atoms with Crippen molar-refractivity contribution in [1.82, 2.24) is 10.2 Å². The molecule has 9 heteroatoms. The average molecular weight is 368 g/mol. The van der Waals surface area contributed by atoms with Crippen molar-refractivity contribution in [1.29, 1.82) is 0 Å². The lowest BCUT2D eigenvalue weighted by molar-refractivity contribution is -0.115. The quantitative estimate of drug-likeness (QED) is 0.520. The van der Waals surface area contributed by atoms with E-state index in [-0.39, 0.29) is 11.2 Å². The lowest BCUT2D eigenvalue weighted by Crippen LogP contribution is -2.22. The second-order valence-electron chi connectivity index (χ2n) is 4.74. The molecule has 1 aromatic heterocycles. The molecule has 2 N–H and O–H groups in total. The molecule has 0 saturated heterocycles. The first kappa shape index (κ1) is 18.5. The van der Waals surface area contributed by atoms with Gasteiger partial charge in [-0.1, -0.05) is 35.2 Å². The number of ether oxygens (including phenoxy) is 2. The van der Waals surface area contributed by atoms with Crippen molar-refractivity contribution < 1.29 is 14.3 Å². The number of hydrogen-bond acceptors (Lipinski definition) is 8. The van der Waals surface area contributed by atoms with Gasteiger partial charge in [0.1, 0.15) is 5.75 Å². The molecule has 0 aliphatic rings. The maximum Gasteiger partial charge on any atom is 0.237 e. The number of hydrogen-bond donors (Lipinski definition) is 2. The molecule has 0 fully saturated rings. The number of thioether (sulfide) groups is 1. The normalized spacial score (nSPS) is 11.8. The first-order chi connectivity index (χ1) is 11.6. The Kier molecular flexibility index (Phi) is 7.29. The first-order valence-electron chi connectivity index (χ1n) is 7.31. The van der Waals surface area contributed by atoms with Crippen LogP contribution in [-0.4, -0.2) is 48.7 Å². The van der Waals surface area contributed by atoms with Gasteiger partial charge in [0.25, 0.3) is 0 Å². The molecule has 1 amide bonds. The van der Waals surface area contributed by atoms with Gasteiger partial charge in [-0.05, 0) is 19.1 Å². The van der Waals surface area contributed by atoms with E-state index in [0.717, 1.165) is 4.34 Å². The molecule has 2 rings (SSSR count). The molecule has 1 heterocycles. The molecule has 24 heavy (non-hydrogen) atoms. The van der Waals surface area contributed by atoms with E-state index in [9.17, 15) is 4.79 Å². The second-order valence-corrected chi connectivity index (χ2v) is 7.31. The summed E-state index contributed by atoms with van der Waals surface area (Å²) < 4.78 is 10.9. The summed E-state index contributed by atoms with van der Waals surface area (Å²) in [5.41, 5.74) is 0.650. The predicted octanol–water partition coefficient (Wildman–Crippen LogP) is 2.72. The van der Waals surface area contributed by atoms with Crippen LogP contribution >= 0.6 is 23.1 Å². The fourth-order valence-electron chi connectivity index (χ4n) is 1.78. The summed E-state index contributed by atoms with van der Waals surface area (Å²) in [4.78, 5) is 12.3. The first-order valence-corrected chi connectivity index (χ1v) is 9.00. The third-order valence-electron chi connectivity index (χ3n) is 3.00. The van der Waals surface area contributed by atoms with Crippen molar-refractivity contribution in [2.45, 2.75) is 16.5 Å². The molecule has 0 radical (unpaired) electrons. The Bertz CT molecular complexity index is 666. The van der Waals surface area contributed by atoms with E-state index in [0.29, 0.717) is 29.7 Å². The maximum absolute atomic E-state index is 12.3. The fraction of sp³-hybridized carbons (Fsp3) is 0.400. The third kappa shape index (κ3) is 5.36. The van der Waals surface area contributed by atoms with Crippen molar-refractivity contribution in [2.75, 3.05) is 38.0 Å². The summed E-state index contributed by atoms with van der Waals surface area (Å²) >= 11 is 2.78. The number of methoxy groups -OCH3 is 2. The lowest BCUT2D eigenvalue weighted by Gasteiger charge is -2.12. The number of nitrogens with one attached hydrogen (secondary N) is 2. The highest BCUT2D eigenvalue weighted by atomic mass is 32.2. The van der Waals surface area contributed by atoms with Gasteiger partial charge in [-0.25, -0.2) is 0 Å². The van der Waals surface area contributed by atoms with Crippen LogP contribution in [0.2, 0.25) is 0 Å². The van der Waals surface area contributed by atoms with Crippen molar-refractivity contribution in [3.8, 4) is 5.75 Å². The van der Waals surface area contributed by atoms with Crippen LogP contribution in [0.1, 0.15) is 6.92 Å². The van der Waals surface area contributed by atoms with Crippen molar-refractivity contribution in [2.24, 2.45) is 0 Å². The van der Waals surface area contributed by atoms with E-state index >= 15 is 0 Å². The van der Waals surface area contributed by atoms with Gasteiger partial charge in [-0.2, -0.15) is 0 Å². The zero-order chi connectivity index (χ0) is 17.4. The molecule has 0 spiro atoms. The van der Waals surface area contributed by atoms with Crippen LogP contribution in [0.15, 0.2) is 28.6 Å². The molecule has 130 valence electrons. The Labute approximate surface area is 149 Å². The van der Waals surface area contributed by atoms with Gasteiger partial charge in [-0.15, -0.1) is 10.2 Å². The number of rotatable bonds is 9. The van der Waals surface area contributed by atoms with E-state index in [4.69, 9.17) is 9.47 Å². The monoisotopic (exact) mass is 368 g/mol. The van der Waals surface area contributed by atoms with E-state index in [1.807, 2.05) is 19.1 Å². The highest BCUT2D eigenvalue weighted by Crippen LogP contribution is 2.30. The zero-order valence-corrected chi connectivity index (χ0v) is 15.4. The van der Waals surface area contributed by atoms with Crippen LogP contribution in [0.4, 0.5) is 10.8 Å². The van der Waals surface area contributed by atoms with Gasteiger partial charge in [0.15, 0.2) is 4.34 Å². The molecule has 7 nitrogen and oxygen atoms in total. The number of amides is 1. The van der Waals surface area contributed by atoms with Crippen molar-refractivity contribution in [3.63, 3.8) is 0 Å². The number of nitrogens with zero attached hydrogens (tertiary/aromatic N) is 2. The Morgan fingerprint density at radius 3 is 2.88 bits per heavy atom. The van der Waals surface area contributed by atoms with Gasteiger partial charge >= 0.3 is 0 Å². The SMILES string of the molecule is COCCNc1nnc(SC(C)C(=O)Nc2ccccc2OC)s1. The largest absolute Gasteiger partial charge is 0.495 e. The zero-order valence-electron chi connectivity index (χ0n) is 13.7. The van der Waals surface area contributed by atoms with E-state index in [1.54, 1.807) is 26.4 Å². The molecule has 1 unspecified atom stereocenters.